The number of carboxylic acid groups (broad SMARTS) is 1. The minimum atomic E-state index is -1.07. The Morgan fingerprint density at radius 2 is 2.00 bits per heavy atom. The van der Waals surface area contributed by atoms with Crippen molar-refractivity contribution in [3.05, 3.63) is 0 Å². The van der Waals surface area contributed by atoms with Crippen LogP contribution in [0.4, 0.5) is 4.79 Å². The zero-order valence-electron chi connectivity index (χ0n) is 13.3. The van der Waals surface area contributed by atoms with E-state index in [0.29, 0.717) is 6.54 Å². The topological polar surface area (TPSA) is 89.9 Å². The number of carboxylic acids is 1. The standard InChI is InChI=1S/C15H28N2O4/c1-4-5-6-7-15(2,3)10-16-14(21)17-9-11(18)8-12(17)13(19)20/h11-12,18H,4-10H2,1-3H3,(H,16,21)(H,19,20)/t11?,12-/m0/s1. The summed E-state index contributed by atoms with van der Waals surface area (Å²) in [6.07, 6.45) is 3.83. The highest BCUT2D eigenvalue weighted by Crippen LogP contribution is 2.23. The van der Waals surface area contributed by atoms with E-state index in [1.807, 2.05) is 0 Å². The summed E-state index contributed by atoms with van der Waals surface area (Å²) in [7, 11) is 0. The summed E-state index contributed by atoms with van der Waals surface area (Å²) in [5, 5.41) is 21.5. The van der Waals surface area contributed by atoms with Gasteiger partial charge in [0.1, 0.15) is 6.04 Å². The Bertz CT molecular complexity index is 371. The molecule has 0 aromatic rings. The minimum absolute atomic E-state index is 0.0120. The smallest absolute Gasteiger partial charge is 0.326 e. The van der Waals surface area contributed by atoms with Crippen LogP contribution in [0.15, 0.2) is 0 Å². The molecule has 0 aliphatic carbocycles. The first-order chi connectivity index (χ1) is 9.76. The predicted molar refractivity (Wildman–Crippen MR) is 80.1 cm³/mol. The van der Waals surface area contributed by atoms with Crippen LogP contribution in [0.2, 0.25) is 0 Å². The molecule has 1 saturated heterocycles. The van der Waals surface area contributed by atoms with Gasteiger partial charge >= 0.3 is 12.0 Å². The maximum Gasteiger partial charge on any atom is 0.326 e. The summed E-state index contributed by atoms with van der Waals surface area (Å²) in [6.45, 7) is 6.93. The molecule has 2 amide bonds. The van der Waals surface area contributed by atoms with Gasteiger partial charge in [0.25, 0.3) is 0 Å². The number of unbranched alkanes of at least 4 members (excludes halogenated alkanes) is 2. The first kappa shape index (κ1) is 17.8. The van der Waals surface area contributed by atoms with E-state index in [4.69, 9.17) is 5.11 Å². The monoisotopic (exact) mass is 300 g/mol. The highest BCUT2D eigenvalue weighted by Gasteiger charge is 2.39. The molecule has 0 spiro atoms. The van der Waals surface area contributed by atoms with Gasteiger partial charge in [-0.3, -0.25) is 0 Å². The van der Waals surface area contributed by atoms with Gasteiger partial charge in [-0.15, -0.1) is 0 Å². The predicted octanol–water partition coefficient (Wildman–Crippen LogP) is 1.82. The van der Waals surface area contributed by atoms with Crippen LogP contribution < -0.4 is 5.32 Å². The molecule has 122 valence electrons. The van der Waals surface area contributed by atoms with Crippen LogP contribution in [0.25, 0.3) is 0 Å². The van der Waals surface area contributed by atoms with E-state index in [2.05, 4.69) is 26.1 Å². The second kappa shape index (κ2) is 7.64. The molecule has 0 radical (unpaired) electrons. The summed E-state index contributed by atoms with van der Waals surface area (Å²) in [6, 6.07) is -1.33. The summed E-state index contributed by atoms with van der Waals surface area (Å²) in [5.41, 5.74) is -0.0120. The number of likely N-dealkylation sites (tertiary alicyclic amines) is 1. The van der Waals surface area contributed by atoms with Crippen LogP contribution >= 0.6 is 0 Å². The highest BCUT2D eigenvalue weighted by molar-refractivity contribution is 5.83. The van der Waals surface area contributed by atoms with E-state index in [1.54, 1.807) is 0 Å². The van der Waals surface area contributed by atoms with Gasteiger partial charge in [0.15, 0.2) is 0 Å². The number of carbonyl (C=O) groups is 2. The second-order valence-corrected chi connectivity index (χ2v) is 6.68. The van der Waals surface area contributed by atoms with E-state index < -0.39 is 24.1 Å². The first-order valence-electron chi connectivity index (χ1n) is 7.72. The average Bonchev–Trinajstić information content (AvgIpc) is 2.79. The third-order valence-electron chi connectivity index (χ3n) is 4.00. The fourth-order valence-electron chi connectivity index (χ4n) is 2.63. The fourth-order valence-corrected chi connectivity index (χ4v) is 2.63. The number of nitrogens with one attached hydrogen (secondary N) is 1. The number of nitrogens with zero attached hydrogens (tertiary/aromatic N) is 1. The molecule has 2 atom stereocenters. The number of hydrogen-bond donors (Lipinski definition) is 3. The lowest BCUT2D eigenvalue weighted by molar-refractivity contribution is -0.141. The van der Waals surface area contributed by atoms with Crippen LogP contribution in [0.3, 0.4) is 0 Å². The number of aliphatic hydroxyl groups is 1. The van der Waals surface area contributed by atoms with Crippen molar-refractivity contribution in [3.63, 3.8) is 0 Å². The lowest BCUT2D eigenvalue weighted by atomic mass is 9.87. The van der Waals surface area contributed by atoms with Gasteiger partial charge in [-0.1, -0.05) is 40.0 Å². The van der Waals surface area contributed by atoms with Crippen molar-refractivity contribution in [2.45, 2.75) is 65.0 Å². The average molecular weight is 300 g/mol. The third kappa shape index (κ3) is 5.53. The Morgan fingerprint density at radius 3 is 2.57 bits per heavy atom. The number of urea groups is 1. The maximum atomic E-state index is 12.1. The van der Waals surface area contributed by atoms with Crippen molar-refractivity contribution in [1.29, 1.82) is 0 Å². The number of β-amino-alcohol motifs (C(OH)–C–C–N with tert-alkyl or cyclic N) is 1. The lowest BCUT2D eigenvalue weighted by Crippen LogP contribution is -2.48. The highest BCUT2D eigenvalue weighted by atomic mass is 16.4. The van der Waals surface area contributed by atoms with E-state index in [0.717, 1.165) is 19.3 Å². The third-order valence-corrected chi connectivity index (χ3v) is 4.00. The summed E-state index contributed by atoms with van der Waals surface area (Å²) >= 11 is 0. The van der Waals surface area contributed by atoms with Gasteiger partial charge in [0.2, 0.25) is 0 Å². The van der Waals surface area contributed by atoms with Crippen molar-refractivity contribution in [3.8, 4) is 0 Å². The van der Waals surface area contributed by atoms with Gasteiger partial charge in [-0.25, -0.2) is 9.59 Å². The number of carbonyl (C=O) groups excluding carboxylic acids is 1. The Hall–Kier alpha value is -1.30. The summed E-state index contributed by atoms with van der Waals surface area (Å²) in [4.78, 5) is 24.4. The molecule has 1 aliphatic rings. The molecule has 6 heteroatoms. The maximum absolute atomic E-state index is 12.1. The molecule has 3 N–H and O–H groups in total. The van der Waals surface area contributed by atoms with Crippen LogP contribution in [0.5, 0.6) is 0 Å². The molecule has 0 aromatic carbocycles. The molecular weight excluding hydrogens is 272 g/mol. The van der Waals surface area contributed by atoms with E-state index >= 15 is 0 Å². The second-order valence-electron chi connectivity index (χ2n) is 6.68. The fraction of sp³-hybridized carbons (Fsp3) is 0.867. The summed E-state index contributed by atoms with van der Waals surface area (Å²) in [5.74, 6) is -1.07. The normalized spacial score (nSPS) is 22.4. The number of aliphatic hydroxyl groups excluding tert-OH is 1. The molecule has 1 rings (SSSR count). The van der Waals surface area contributed by atoms with Gasteiger partial charge in [0.05, 0.1) is 6.10 Å². The largest absolute Gasteiger partial charge is 0.480 e. The SMILES string of the molecule is CCCCCC(C)(C)CNC(=O)N1CC(O)C[C@H]1C(=O)O. The molecule has 0 saturated carbocycles. The van der Waals surface area contributed by atoms with Crippen LogP contribution in [-0.2, 0) is 4.79 Å². The van der Waals surface area contributed by atoms with Crippen LogP contribution in [0, 0.1) is 5.41 Å². The number of rotatable bonds is 7. The zero-order chi connectivity index (χ0) is 16.0. The van der Waals surface area contributed by atoms with Crippen molar-refractivity contribution >= 4 is 12.0 Å². The van der Waals surface area contributed by atoms with Gasteiger partial charge in [-0.2, -0.15) is 0 Å². The Labute approximate surface area is 126 Å². The Kier molecular flexibility index (Phi) is 6.45. The van der Waals surface area contributed by atoms with E-state index in [-0.39, 0.29) is 18.4 Å². The number of aliphatic carboxylic acids is 1. The quantitative estimate of drug-likeness (QED) is 0.626. The molecule has 0 bridgehead atoms. The molecule has 1 heterocycles. The molecule has 0 aromatic heterocycles. The molecule has 1 unspecified atom stereocenters. The number of hydrogen-bond acceptors (Lipinski definition) is 3. The summed E-state index contributed by atoms with van der Waals surface area (Å²) < 4.78 is 0. The zero-order valence-corrected chi connectivity index (χ0v) is 13.3. The van der Waals surface area contributed by atoms with E-state index in [9.17, 15) is 14.7 Å². The van der Waals surface area contributed by atoms with Crippen LogP contribution in [0.1, 0.15) is 52.9 Å². The van der Waals surface area contributed by atoms with Gasteiger partial charge < -0.3 is 20.4 Å². The molecule has 6 nitrogen and oxygen atoms in total. The molecular formula is C15H28N2O4. The molecule has 1 fully saturated rings. The Balaban J connectivity index is 2.47. The minimum Gasteiger partial charge on any atom is -0.480 e. The van der Waals surface area contributed by atoms with Crippen LogP contribution in [-0.4, -0.2) is 52.3 Å². The van der Waals surface area contributed by atoms with E-state index in [1.165, 1.54) is 11.3 Å². The van der Waals surface area contributed by atoms with Gasteiger partial charge in [0, 0.05) is 19.5 Å². The van der Waals surface area contributed by atoms with Gasteiger partial charge in [-0.05, 0) is 11.8 Å². The molecule has 21 heavy (non-hydrogen) atoms. The first-order valence-corrected chi connectivity index (χ1v) is 7.72. The van der Waals surface area contributed by atoms with Crippen molar-refractivity contribution < 1.29 is 19.8 Å². The van der Waals surface area contributed by atoms with Crippen molar-refractivity contribution in [2.75, 3.05) is 13.1 Å². The van der Waals surface area contributed by atoms with Crippen molar-refractivity contribution in [2.24, 2.45) is 5.41 Å². The molecule has 1 aliphatic heterocycles. The van der Waals surface area contributed by atoms with Crippen molar-refractivity contribution in [1.82, 2.24) is 10.2 Å². The Morgan fingerprint density at radius 1 is 1.33 bits per heavy atom. The lowest BCUT2D eigenvalue weighted by Gasteiger charge is -2.28. The number of amides is 2.